The fourth-order valence-electron chi connectivity index (χ4n) is 4.16. The zero-order valence-corrected chi connectivity index (χ0v) is 22.2. The number of carbonyl (C=O) groups excluding carboxylic acids is 2. The van der Waals surface area contributed by atoms with Gasteiger partial charge in [0.15, 0.2) is 12.2 Å². The number of carbonyl (C=O) groups is 3. The lowest BCUT2D eigenvalue weighted by molar-refractivity contribution is -0.163. The number of aliphatic hydroxyl groups is 1. The third-order valence-corrected chi connectivity index (χ3v) is 7.60. The van der Waals surface area contributed by atoms with E-state index in [1.165, 1.54) is 20.8 Å². The molecule has 11 nitrogen and oxygen atoms in total. The number of amides is 1. The van der Waals surface area contributed by atoms with Crippen molar-refractivity contribution in [3.63, 3.8) is 0 Å². The van der Waals surface area contributed by atoms with Gasteiger partial charge in [0.2, 0.25) is 5.91 Å². The van der Waals surface area contributed by atoms with Crippen molar-refractivity contribution in [2.45, 2.75) is 83.7 Å². The first-order valence-electron chi connectivity index (χ1n) is 12.3. The highest BCUT2D eigenvalue weighted by Gasteiger charge is 2.49. The van der Waals surface area contributed by atoms with Crippen LogP contribution in [0.5, 0.6) is 0 Å². The van der Waals surface area contributed by atoms with Crippen LogP contribution in [-0.2, 0) is 33.4 Å². The first kappa shape index (κ1) is 30.5. The van der Waals surface area contributed by atoms with Gasteiger partial charge in [-0.25, -0.2) is 9.59 Å². The molecular weight excluding hydrogens is 506 g/mol. The molecule has 12 heteroatoms. The van der Waals surface area contributed by atoms with E-state index in [2.05, 4.69) is 5.32 Å². The third-order valence-electron chi connectivity index (χ3n) is 6.31. The van der Waals surface area contributed by atoms with E-state index in [-0.39, 0.29) is 25.0 Å². The second-order valence-electron chi connectivity index (χ2n) is 9.75. The molecule has 0 aliphatic heterocycles. The Morgan fingerprint density at radius 1 is 1.11 bits per heavy atom. The van der Waals surface area contributed by atoms with Crippen LogP contribution in [-0.4, -0.2) is 67.3 Å². The summed E-state index contributed by atoms with van der Waals surface area (Å²) in [6.45, 7) is 4.01. The number of hydrogen-bond donors (Lipinski definition) is 3. The molecule has 0 bridgehead atoms. The van der Waals surface area contributed by atoms with E-state index in [0.29, 0.717) is 18.4 Å². The number of carboxylic acids is 1. The van der Waals surface area contributed by atoms with Crippen LogP contribution in [0.25, 0.3) is 0 Å². The number of carboxylic acid groups (broad SMARTS) is 1. The number of benzene rings is 1. The number of aliphatic carboxylic acids is 1. The van der Waals surface area contributed by atoms with Gasteiger partial charge in [-0.3, -0.25) is 8.98 Å². The van der Waals surface area contributed by atoms with Crippen molar-refractivity contribution in [2.75, 3.05) is 12.3 Å². The van der Waals surface area contributed by atoms with Crippen LogP contribution in [0.4, 0.5) is 4.79 Å². The van der Waals surface area contributed by atoms with Crippen LogP contribution in [0.2, 0.25) is 0 Å². The lowest BCUT2D eigenvalue weighted by Gasteiger charge is -2.39. The Balaban J connectivity index is 2.39. The maximum Gasteiger partial charge on any atom is 0.509 e. The first-order chi connectivity index (χ1) is 17.3. The molecule has 1 aliphatic carbocycles. The molecule has 208 valence electrons. The summed E-state index contributed by atoms with van der Waals surface area (Å²) in [5.74, 6) is -2.42. The van der Waals surface area contributed by atoms with E-state index in [0.717, 1.165) is 19.3 Å². The zero-order chi connectivity index (χ0) is 27.6. The van der Waals surface area contributed by atoms with E-state index in [1.807, 2.05) is 0 Å². The zero-order valence-electron chi connectivity index (χ0n) is 21.4. The van der Waals surface area contributed by atoms with E-state index >= 15 is 0 Å². The average molecular weight is 544 g/mol. The summed E-state index contributed by atoms with van der Waals surface area (Å²) in [6, 6.07) is 8.12. The molecule has 2 unspecified atom stereocenters. The van der Waals surface area contributed by atoms with Gasteiger partial charge < -0.3 is 25.0 Å². The third kappa shape index (κ3) is 9.60. The predicted molar refractivity (Wildman–Crippen MR) is 133 cm³/mol. The van der Waals surface area contributed by atoms with Crippen LogP contribution in [0.15, 0.2) is 30.3 Å². The Morgan fingerprint density at radius 2 is 1.73 bits per heavy atom. The summed E-state index contributed by atoms with van der Waals surface area (Å²) < 4.78 is 42.4. The second kappa shape index (κ2) is 13.7. The van der Waals surface area contributed by atoms with Crippen molar-refractivity contribution in [3.05, 3.63) is 35.9 Å². The van der Waals surface area contributed by atoms with Crippen LogP contribution in [0.1, 0.15) is 71.0 Å². The van der Waals surface area contributed by atoms with Crippen molar-refractivity contribution < 1.29 is 46.7 Å². The molecular formula is C25H37NO10S. The Morgan fingerprint density at radius 3 is 2.30 bits per heavy atom. The van der Waals surface area contributed by atoms with E-state index in [1.54, 1.807) is 30.3 Å². The molecule has 1 fully saturated rings. The Labute approximate surface area is 217 Å². The van der Waals surface area contributed by atoms with Crippen LogP contribution >= 0.6 is 0 Å². The number of rotatable bonds is 13. The molecule has 0 spiro atoms. The smallest absolute Gasteiger partial charge is 0.479 e. The minimum absolute atomic E-state index is 0.0249. The molecule has 0 saturated heterocycles. The van der Waals surface area contributed by atoms with E-state index in [4.69, 9.17) is 13.7 Å². The van der Waals surface area contributed by atoms with E-state index in [9.17, 15) is 33.0 Å². The van der Waals surface area contributed by atoms with Gasteiger partial charge >= 0.3 is 12.1 Å². The van der Waals surface area contributed by atoms with Crippen LogP contribution < -0.4 is 5.32 Å². The second-order valence-corrected chi connectivity index (χ2v) is 11.5. The maximum atomic E-state index is 12.9. The monoisotopic (exact) mass is 543 g/mol. The number of aliphatic hydroxyl groups excluding tert-OH is 1. The molecule has 2 rings (SSSR count). The van der Waals surface area contributed by atoms with Gasteiger partial charge in [0.05, 0.1) is 5.75 Å². The molecule has 1 aromatic rings. The number of hydrogen-bond acceptors (Lipinski definition) is 9. The highest BCUT2D eigenvalue weighted by molar-refractivity contribution is 7.86. The van der Waals surface area contributed by atoms with Gasteiger partial charge in [0.1, 0.15) is 12.2 Å². The Kier molecular flexibility index (Phi) is 11.3. The molecule has 3 atom stereocenters. The van der Waals surface area contributed by atoms with Gasteiger partial charge in [-0.2, -0.15) is 8.42 Å². The summed E-state index contributed by atoms with van der Waals surface area (Å²) >= 11 is 0. The fraction of sp³-hybridized carbons (Fsp3) is 0.640. The first-order valence-corrected chi connectivity index (χ1v) is 13.9. The topological polar surface area (TPSA) is 166 Å². The van der Waals surface area contributed by atoms with Gasteiger partial charge in [-0.1, -0.05) is 50.6 Å². The minimum Gasteiger partial charge on any atom is -0.479 e. The predicted octanol–water partition coefficient (Wildman–Crippen LogP) is 2.93. The van der Waals surface area contributed by atoms with Crippen LogP contribution in [0.3, 0.4) is 0 Å². The molecule has 0 radical (unpaired) electrons. The molecule has 0 aromatic heterocycles. The van der Waals surface area contributed by atoms with Crippen molar-refractivity contribution in [1.82, 2.24) is 5.32 Å². The quantitative estimate of drug-likeness (QED) is 0.191. The molecule has 0 heterocycles. The molecule has 3 N–H and O–H groups in total. The normalized spacial score (nSPS) is 17.3. The fourth-order valence-corrected chi connectivity index (χ4v) is 5.41. The van der Waals surface area contributed by atoms with Crippen molar-refractivity contribution in [3.8, 4) is 0 Å². The minimum atomic E-state index is -4.32. The molecule has 37 heavy (non-hydrogen) atoms. The Hall–Kier alpha value is -2.70. The van der Waals surface area contributed by atoms with Crippen molar-refractivity contribution >= 4 is 28.1 Å². The van der Waals surface area contributed by atoms with Gasteiger partial charge in [-0.15, -0.1) is 0 Å². The summed E-state index contributed by atoms with van der Waals surface area (Å²) in [6.07, 6.45) is -2.27. The maximum absolute atomic E-state index is 12.9. The largest absolute Gasteiger partial charge is 0.509 e. The number of nitrogens with one attached hydrogen (secondary N) is 1. The molecule has 1 amide bonds. The highest BCUT2D eigenvalue weighted by Crippen LogP contribution is 2.40. The molecule has 1 aromatic carbocycles. The van der Waals surface area contributed by atoms with Crippen LogP contribution in [0, 0.1) is 5.41 Å². The summed E-state index contributed by atoms with van der Waals surface area (Å²) in [5, 5.41) is 22.5. The van der Waals surface area contributed by atoms with Crippen molar-refractivity contribution in [1.29, 1.82) is 0 Å². The van der Waals surface area contributed by atoms with Gasteiger partial charge in [0.25, 0.3) is 10.1 Å². The Bertz CT molecular complexity index is 1010. The molecule has 1 saturated carbocycles. The lowest BCUT2D eigenvalue weighted by Crippen LogP contribution is -2.50. The number of ether oxygens (including phenoxy) is 2. The summed E-state index contributed by atoms with van der Waals surface area (Å²) in [4.78, 5) is 35.6. The SMILES string of the molecule is CC(=O)NCCCS(=O)(=O)OC(C(OC(=O)OC1CCCCC1)c1ccccc1)C(C)(C)[C@@H](O)C(=O)O. The van der Waals surface area contributed by atoms with E-state index < -0.39 is 51.7 Å². The van der Waals surface area contributed by atoms with Crippen molar-refractivity contribution in [2.24, 2.45) is 5.41 Å². The molecule has 1 aliphatic rings. The standard InChI is InChI=1S/C25H37NO10S/c1-17(27)26-15-10-16-37(32,33)36-22(25(2,3)21(28)23(29)30)20(18-11-6-4-7-12-18)35-24(31)34-19-13-8-5-9-14-19/h4,6-7,11-12,19-22,28H,5,8-10,13-16H2,1-3H3,(H,26,27)(H,29,30)/t20?,21-,22?/m0/s1. The highest BCUT2D eigenvalue weighted by atomic mass is 32.2. The summed E-state index contributed by atoms with van der Waals surface area (Å²) in [7, 11) is -4.32. The average Bonchev–Trinajstić information content (AvgIpc) is 2.84. The lowest BCUT2D eigenvalue weighted by atomic mass is 9.77. The van der Waals surface area contributed by atoms with Gasteiger partial charge in [0, 0.05) is 18.9 Å². The summed E-state index contributed by atoms with van der Waals surface area (Å²) in [5.41, 5.74) is -1.42. The van der Waals surface area contributed by atoms with Gasteiger partial charge in [-0.05, 0) is 37.7 Å².